The first-order valence-corrected chi connectivity index (χ1v) is 8.73. The fourth-order valence-corrected chi connectivity index (χ4v) is 3.67. The number of oxazole rings is 1. The van der Waals surface area contributed by atoms with Gasteiger partial charge in [-0.25, -0.2) is 9.97 Å². The van der Waals surface area contributed by atoms with E-state index in [-0.39, 0.29) is 5.54 Å². The smallest absolute Gasteiger partial charge is 0.252 e. The first-order chi connectivity index (χ1) is 12.5. The van der Waals surface area contributed by atoms with Crippen molar-refractivity contribution >= 4 is 22.7 Å². The summed E-state index contributed by atoms with van der Waals surface area (Å²) in [7, 11) is 1.70. The van der Waals surface area contributed by atoms with Crippen molar-refractivity contribution in [3.8, 4) is 5.75 Å². The van der Waals surface area contributed by atoms with Crippen LogP contribution in [-0.4, -0.2) is 47.2 Å². The summed E-state index contributed by atoms with van der Waals surface area (Å²) in [5, 5.41) is 0. The van der Waals surface area contributed by atoms with Gasteiger partial charge in [-0.15, -0.1) is 0 Å². The van der Waals surface area contributed by atoms with Crippen LogP contribution in [0.5, 0.6) is 5.75 Å². The van der Waals surface area contributed by atoms with E-state index < -0.39 is 0 Å². The predicted molar refractivity (Wildman–Crippen MR) is 101 cm³/mol. The largest absolute Gasteiger partial charge is 0.497 e. The number of fused-ring (bicyclic) bond motifs is 1. The summed E-state index contributed by atoms with van der Waals surface area (Å²) in [5.74, 6) is 2.32. The number of aromatic nitrogens is 3. The summed E-state index contributed by atoms with van der Waals surface area (Å²) in [6.45, 7) is 8.86. The van der Waals surface area contributed by atoms with Crippen LogP contribution < -0.4 is 14.5 Å². The lowest BCUT2D eigenvalue weighted by atomic mass is 9.97. The van der Waals surface area contributed by atoms with Crippen LogP contribution in [0.3, 0.4) is 0 Å². The third-order valence-corrected chi connectivity index (χ3v) is 4.85. The highest BCUT2D eigenvalue weighted by atomic mass is 16.5. The van der Waals surface area contributed by atoms with Crippen LogP contribution in [-0.2, 0) is 0 Å². The number of rotatable bonds is 3. The molecule has 3 aromatic rings. The van der Waals surface area contributed by atoms with Crippen molar-refractivity contribution in [1.82, 2.24) is 15.0 Å². The molecular formula is C19H23N5O2. The minimum atomic E-state index is -0.0827. The molecule has 26 heavy (non-hydrogen) atoms. The third kappa shape index (κ3) is 2.83. The molecule has 7 heteroatoms. The topological polar surface area (TPSA) is 67.5 Å². The molecule has 1 aromatic carbocycles. The predicted octanol–water partition coefficient (Wildman–Crippen LogP) is 3.04. The lowest BCUT2D eigenvalue weighted by Gasteiger charge is -2.48. The highest BCUT2D eigenvalue weighted by Gasteiger charge is 2.35. The van der Waals surface area contributed by atoms with Crippen LogP contribution >= 0.6 is 0 Å². The summed E-state index contributed by atoms with van der Waals surface area (Å²) in [4.78, 5) is 17.8. The van der Waals surface area contributed by atoms with Gasteiger partial charge in [-0.05, 0) is 26.0 Å². The Hall–Kier alpha value is -2.83. The van der Waals surface area contributed by atoms with Crippen molar-refractivity contribution in [2.75, 3.05) is 36.5 Å². The molecule has 1 aliphatic heterocycles. The molecule has 0 radical (unpaired) electrons. The molecule has 1 saturated heterocycles. The number of piperazine rings is 1. The number of aryl methyl sites for hydroxylation is 1. The van der Waals surface area contributed by atoms with E-state index in [0.717, 1.165) is 36.7 Å². The fourth-order valence-electron chi connectivity index (χ4n) is 3.67. The van der Waals surface area contributed by atoms with Crippen molar-refractivity contribution in [2.24, 2.45) is 0 Å². The second-order valence-electron chi connectivity index (χ2n) is 7.17. The van der Waals surface area contributed by atoms with Gasteiger partial charge in [0.25, 0.3) is 5.71 Å². The summed E-state index contributed by atoms with van der Waals surface area (Å²) in [6.07, 6.45) is 1.55. The first-order valence-electron chi connectivity index (χ1n) is 8.73. The van der Waals surface area contributed by atoms with Crippen LogP contribution in [0.15, 0.2) is 35.0 Å². The van der Waals surface area contributed by atoms with Gasteiger partial charge in [0.2, 0.25) is 0 Å². The maximum atomic E-state index is 5.55. The summed E-state index contributed by atoms with van der Waals surface area (Å²) in [6, 6.07) is 8.21. The molecule has 1 fully saturated rings. The average Bonchev–Trinajstić information content (AvgIpc) is 3.01. The van der Waals surface area contributed by atoms with Gasteiger partial charge in [0.05, 0.1) is 12.6 Å². The molecule has 0 atom stereocenters. The number of methoxy groups -OCH3 is 1. The van der Waals surface area contributed by atoms with E-state index >= 15 is 0 Å². The lowest BCUT2D eigenvalue weighted by Crippen LogP contribution is -2.60. The number of nitrogens with zero attached hydrogens (tertiary/aromatic N) is 5. The zero-order valence-electron chi connectivity index (χ0n) is 15.6. The van der Waals surface area contributed by atoms with E-state index in [1.165, 1.54) is 5.69 Å². The molecular weight excluding hydrogens is 330 g/mol. The Bertz CT molecular complexity index is 937. The van der Waals surface area contributed by atoms with Gasteiger partial charge in [0, 0.05) is 38.3 Å². The van der Waals surface area contributed by atoms with Crippen molar-refractivity contribution in [2.45, 2.75) is 26.3 Å². The molecule has 1 aliphatic rings. The molecule has 0 aliphatic carbocycles. The number of anilines is 2. The van der Waals surface area contributed by atoms with E-state index in [1.54, 1.807) is 13.4 Å². The zero-order valence-corrected chi connectivity index (χ0v) is 15.6. The van der Waals surface area contributed by atoms with Crippen molar-refractivity contribution in [3.63, 3.8) is 0 Å². The second-order valence-corrected chi connectivity index (χ2v) is 7.17. The van der Waals surface area contributed by atoms with E-state index in [1.807, 2.05) is 19.1 Å². The van der Waals surface area contributed by atoms with Gasteiger partial charge in [-0.3, -0.25) is 0 Å². The minimum absolute atomic E-state index is 0.0827. The Kier molecular flexibility index (Phi) is 3.94. The minimum Gasteiger partial charge on any atom is -0.497 e. The van der Waals surface area contributed by atoms with Gasteiger partial charge in [-0.1, -0.05) is 6.07 Å². The fraction of sp³-hybridized carbons (Fsp3) is 0.421. The zero-order chi connectivity index (χ0) is 18.3. The molecule has 0 unspecified atom stereocenters. The summed E-state index contributed by atoms with van der Waals surface area (Å²) >= 11 is 0. The third-order valence-electron chi connectivity index (χ3n) is 4.85. The van der Waals surface area contributed by atoms with E-state index in [9.17, 15) is 0 Å². The molecule has 0 amide bonds. The Morgan fingerprint density at radius 3 is 2.81 bits per heavy atom. The highest BCUT2D eigenvalue weighted by Crippen LogP contribution is 2.33. The summed E-state index contributed by atoms with van der Waals surface area (Å²) < 4.78 is 10.9. The van der Waals surface area contributed by atoms with E-state index in [4.69, 9.17) is 9.15 Å². The quantitative estimate of drug-likeness (QED) is 0.717. The van der Waals surface area contributed by atoms with Crippen LogP contribution in [0.1, 0.15) is 19.7 Å². The van der Waals surface area contributed by atoms with Gasteiger partial charge in [0.1, 0.15) is 12.1 Å². The lowest BCUT2D eigenvalue weighted by molar-refractivity contribution is 0.405. The summed E-state index contributed by atoms with van der Waals surface area (Å²) in [5.41, 5.74) is 2.36. The second kappa shape index (κ2) is 6.16. The maximum Gasteiger partial charge on any atom is 0.252 e. The van der Waals surface area contributed by atoms with Gasteiger partial charge in [-0.2, -0.15) is 4.98 Å². The molecule has 7 nitrogen and oxygen atoms in total. The first kappa shape index (κ1) is 16.6. The number of ether oxygens (including phenoxy) is 1. The highest BCUT2D eigenvalue weighted by molar-refractivity contribution is 5.82. The molecule has 2 aromatic heterocycles. The van der Waals surface area contributed by atoms with Gasteiger partial charge in [0.15, 0.2) is 17.2 Å². The van der Waals surface area contributed by atoms with Crippen molar-refractivity contribution in [3.05, 3.63) is 36.5 Å². The Morgan fingerprint density at radius 1 is 1.19 bits per heavy atom. The average molecular weight is 353 g/mol. The molecule has 136 valence electrons. The Morgan fingerprint density at radius 2 is 2.04 bits per heavy atom. The molecule has 0 bridgehead atoms. The van der Waals surface area contributed by atoms with Crippen molar-refractivity contribution < 1.29 is 9.15 Å². The van der Waals surface area contributed by atoms with Crippen LogP contribution in [0, 0.1) is 6.92 Å². The van der Waals surface area contributed by atoms with E-state index in [2.05, 4.69) is 50.7 Å². The molecule has 3 heterocycles. The Labute approximate surface area is 152 Å². The maximum absolute atomic E-state index is 5.55. The number of benzene rings is 1. The number of hydrogen-bond donors (Lipinski definition) is 0. The van der Waals surface area contributed by atoms with Crippen LogP contribution in [0.4, 0.5) is 11.5 Å². The van der Waals surface area contributed by atoms with Gasteiger partial charge < -0.3 is 19.0 Å². The normalized spacial score (nSPS) is 16.9. The van der Waals surface area contributed by atoms with Gasteiger partial charge >= 0.3 is 0 Å². The molecule has 4 rings (SSSR count). The SMILES string of the molecule is COc1cccc(N2CCN(c3ncnc4oc(C)nc34)CC2(C)C)c1. The van der Waals surface area contributed by atoms with Crippen LogP contribution in [0.2, 0.25) is 0 Å². The van der Waals surface area contributed by atoms with Crippen molar-refractivity contribution in [1.29, 1.82) is 0 Å². The molecule has 0 N–H and O–H groups in total. The monoisotopic (exact) mass is 353 g/mol. The molecule has 0 spiro atoms. The van der Waals surface area contributed by atoms with E-state index in [0.29, 0.717) is 11.6 Å². The number of hydrogen-bond acceptors (Lipinski definition) is 7. The molecule has 0 saturated carbocycles. The standard InChI is InChI=1S/C19H23N5O2/c1-13-22-16-17(20-12-21-18(16)26-13)23-8-9-24(19(2,3)11-23)14-6-5-7-15(10-14)25-4/h5-7,10,12H,8-9,11H2,1-4H3. The van der Waals surface area contributed by atoms with Crippen LogP contribution in [0.25, 0.3) is 11.2 Å². The Balaban J connectivity index is 1.64.